The van der Waals surface area contributed by atoms with Crippen molar-refractivity contribution in [2.24, 2.45) is 13.0 Å². The minimum atomic E-state index is -0.432. The van der Waals surface area contributed by atoms with Crippen LogP contribution in [0.25, 0.3) is 17.2 Å². The van der Waals surface area contributed by atoms with Crippen molar-refractivity contribution in [1.82, 2.24) is 29.0 Å². The summed E-state index contributed by atoms with van der Waals surface area (Å²) in [5.41, 5.74) is 2.44. The van der Waals surface area contributed by atoms with Gasteiger partial charge >= 0.3 is 0 Å². The molecule has 0 spiro atoms. The normalized spacial score (nSPS) is 19.2. The molecule has 2 atom stereocenters. The lowest BCUT2D eigenvalue weighted by Crippen LogP contribution is -2.41. The Labute approximate surface area is 165 Å². The van der Waals surface area contributed by atoms with Crippen LogP contribution in [0.15, 0.2) is 24.5 Å². The molecule has 3 aromatic heterocycles. The number of nitrogens with zero attached hydrogens (tertiary/aromatic N) is 6. The number of β-amino-alcohol motifs (C(OH)–C–C–N with tert-alkyl or cyclic N) is 1. The zero-order valence-corrected chi connectivity index (χ0v) is 16.8. The summed E-state index contributed by atoms with van der Waals surface area (Å²) in [5, 5.41) is 18.6. The van der Waals surface area contributed by atoms with Crippen LogP contribution >= 0.6 is 0 Å². The van der Waals surface area contributed by atoms with Gasteiger partial charge in [-0.25, -0.2) is 9.97 Å². The lowest BCUT2D eigenvalue weighted by atomic mass is 10.00. The van der Waals surface area contributed by atoms with E-state index in [1.54, 1.807) is 10.7 Å². The predicted molar refractivity (Wildman–Crippen MR) is 109 cm³/mol. The van der Waals surface area contributed by atoms with Gasteiger partial charge in [-0.05, 0) is 32.2 Å². The van der Waals surface area contributed by atoms with Gasteiger partial charge in [-0.15, -0.1) is 0 Å². The largest absolute Gasteiger partial charge is 0.390 e. The molecule has 2 N–H and O–H groups in total. The number of nitrogens with one attached hydrogen (secondary N) is 1. The Hall–Kier alpha value is -2.45. The number of aliphatic hydroxyl groups is 1. The number of imidazole rings is 1. The highest BCUT2D eigenvalue weighted by molar-refractivity contribution is 5.61. The van der Waals surface area contributed by atoms with Gasteiger partial charge in [0.2, 0.25) is 0 Å². The number of likely N-dealkylation sites (tertiary alicyclic amines) is 1. The number of hydrogen-bond acceptors (Lipinski definition) is 6. The molecule has 0 bridgehead atoms. The van der Waals surface area contributed by atoms with Gasteiger partial charge in [-0.3, -0.25) is 0 Å². The van der Waals surface area contributed by atoms with Crippen molar-refractivity contribution in [2.75, 3.05) is 31.5 Å². The molecule has 0 aliphatic carbocycles. The van der Waals surface area contributed by atoms with Gasteiger partial charge in [0.15, 0.2) is 11.5 Å². The average molecular weight is 384 g/mol. The van der Waals surface area contributed by atoms with Gasteiger partial charge in [0.1, 0.15) is 11.5 Å². The molecule has 0 unspecified atom stereocenters. The van der Waals surface area contributed by atoms with Crippen molar-refractivity contribution in [3.63, 3.8) is 0 Å². The molecule has 4 rings (SSSR count). The number of piperidine rings is 1. The summed E-state index contributed by atoms with van der Waals surface area (Å²) in [5.74, 6) is 2.34. The first-order valence-electron chi connectivity index (χ1n) is 9.99. The molecular formula is C20H29N7O. The lowest BCUT2D eigenvalue weighted by molar-refractivity contribution is 0.0947. The highest BCUT2D eigenvalue weighted by Gasteiger charge is 2.19. The van der Waals surface area contributed by atoms with Crippen LogP contribution in [0.4, 0.5) is 5.82 Å². The van der Waals surface area contributed by atoms with E-state index in [-0.39, 0.29) is 0 Å². The Morgan fingerprint density at radius 3 is 2.96 bits per heavy atom. The molecule has 8 nitrogen and oxygen atoms in total. The van der Waals surface area contributed by atoms with Crippen molar-refractivity contribution < 1.29 is 5.11 Å². The van der Waals surface area contributed by atoms with Crippen LogP contribution in [0, 0.1) is 12.8 Å². The van der Waals surface area contributed by atoms with E-state index in [2.05, 4.69) is 32.2 Å². The highest BCUT2D eigenvalue weighted by Crippen LogP contribution is 2.20. The van der Waals surface area contributed by atoms with Crippen LogP contribution in [0.5, 0.6) is 0 Å². The molecule has 28 heavy (non-hydrogen) atoms. The smallest absolute Gasteiger partial charge is 0.160 e. The molecule has 1 saturated heterocycles. The number of aliphatic hydroxyl groups excluding tert-OH is 1. The third-order valence-corrected chi connectivity index (χ3v) is 5.33. The van der Waals surface area contributed by atoms with E-state index in [0.29, 0.717) is 19.0 Å². The monoisotopic (exact) mass is 383 g/mol. The summed E-state index contributed by atoms with van der Waals surface area (Å²) >= 11 is 0. The molecule has 4 heterocycles. The SMILES string of the molecule is Cc1cc(NC[C@H](O)CN2CCC[C@@H](C)C2)n2nc(-c3nccn3C)cc2n1. The molecule has 0 aromatic carbocycles. The van der Waals surface area contributed by atoms with Crippen LogP contribution in [0.2, 0.25) is 0 Å². The zero-order valence-electron chi connectivity index (χ0n) is 16.8. The summed E-state index contributed by atoms with van der Waals surface area (Å²) in [4.78, 5) is 11.3. The number of anilines is 1. The second kappa shape index (κ2) is 7.89. The number of hydrogen-bond donors (Lipinski definition) is 2. The first-order chi connectivity index (χ1) is 13.5. The van der Waals surface area contributed by atoms with E-state index in [1.807, 2.05) is 36.9 Å². The van der Waals surface area contributed by atoms with E-state index in [9.17, 15) is 5.11 Å². The fraction of sp³-hybridized carbons (Fsp3) is 0.550. The molecule has 0 amide bonds. The number of aryl methyl sites for hydroxylation is 2. The summed E-state index contributed by atoms with van der Waals surface area (Å²) in [7, 11) is 1.95. The van der Waals surface area contributed by atoms with Crippen LogP contribution in [0.3, 0.4) is 0 Å². The quantitative estimate of drug-likeness (QED) is 0.677. The standard InChI is InChI=1S/C20H29N7O/c1-14-5-4-7-26(12-14)13-16(28)11-22-18-9-15(2)23-19-10-17(24-27(18)19)20-21-6-8-25(20)3/h6,8-10,14,16,22,28H,4-5,7,11-13H2,1-3H3/t14-,16+/m1/s1. The Kier molecular flexibility index (Phi) is 5.32. The molecule has 1 aliphatic rings. The Morgan fingerprint density at radius 1 is 1.36 bits per heavy atom. The van der Waals surface area contributed by atoms with Crippen LogP contribution < -0.4 is 5.32 Å². The van der Waals surface area contributed by atoms with E-state index in [4.69, 9.17) is 0 Å². The molecular weight excluding hydrogens is 354 g/mol. The Morgan fingerprint density at radius 2 is 2.21 bits per heavy atom. The third-order valence-electron chi connectivity index (χ3n) is 5.33. The van der Waals surface area contributed by atoms with Crippen molar-refractivity contribution >= 4 is 11.5 Å². The maximum Gasteiger partial charge on any atom is 0.160 e. The maximum atomic E-state index is 10.5. The summed E-state index contributed by atoms with van der Waals surface area (Å²) in [6, 6.07) is 3.89. The van der Waals surface area contributed by atoms with E-state index in [0.717, 1.165) is 41.8 Å². The first kappa shape index (κ1) is 18.9. The Balaban J connectivity index is 1.48. The summed E-state index contributed by atoms with van der Waals surface area (Å²) in [6.07, 6.45) is 5.73. The molecule has 1 fully saturated rings. The molecule has 3 aromatic rings. The van der Waals surface area contributed by atoms with Crippen molar-refractivity contribution in [2.45, 2.75) is 32.8 Å². The molecule has 150 valence electrons. The maximum absolute atomic E-state index is 10.5. The van der Waals surface area contributed by atoms with Crippen molar-refractivity contribution in [3.8, 4) is 11.5 Å². The minimum Gasteiger partial charge on any atom is -0.390 e. The van der Waals surface area contributed by atoms with Gasteiger partial charge in [-0.1, -0.05) is 6.92 Å². The van der Waals surface area contributed by atoms with E-state index in [1.165, 1.54) is 12.8 Å². The first-order valence-corrected chi connectivity index (χ1v) is 9.99. The second-order valence-electron chi connectivity index (χ2n) is 7.99. The van der Waals surface area contributed by atoms with Crippen LogP contribution in [0.1, 0.15) is 25.5 Å². The fourth-order valence-electron chi connectivity index (χ4n) is 3.99. The number of aromatic nitrogens is 5. The zero-order chi connectivity index (χ0) is 19.7. The molecule has 8 heteroatoms. The van der Waals surface area contributed by atoms with E-state index < -0.39 is 6.10 Å². The predicted octanol–water partition coefficient (Wildman–Crippen LogP) is 1.94. The average Bonchev–Trinajstić information content (AvgIpc) is 3.25. The lowest BCUT2D eigenvalue weighted by Gasteiger charge is -2.32. The van der Waals surface area contributed by atoms with Crippen molar-refractivity contribution in [1.29, 1.82) is 0 Å². The van der Waals surface area contributed by atoms with Gasteiger partial charge in [0, 0.05) is 56.9 Å². The van der Waals surface area contributed by atoms with Gasteiger partial charge in [0.25, 0.3) is 0 Å². The molecule has 1 aliphatic heterocycles. The van der Waals surface area contributed by atoms with Gasteiger partial charge in [-0.2, -0.15) is 9.61 Å². The van der Waals surface area contributed by atoms with Gasteiger partial charge < -0.3 is 19.9 Å². The fourth-order valence-corrected chi connectivity index (χ4v) is 3.99. The highest BCUT2D eigenvalue weighted by atomic mass is 16.3. The third kappa shape index (κ3) is 4.02. The second-order valence-corrected chi connectivity index (χ2v) is 7.99. The number of rotatable bonds is 6. The van der Waals surface area contributed by atoms with Crippen molar-refractivity contribution in [3.05, 3.63) is 30.2 Å². The number of fused-ring (bicyclic) bond motifs is 1. The van der Waals surface area contributed by atoms with Crippen LogP contribution in [-0.2, 0) is 7.05 Å². The Bertz CT molecular complexity index is 947. The summed E-state index contributed by atoms with van der Waals surface area (Å²) < 4.78 is 3.72. The minimum absolute atomic E-state index is 0.432. The van der Waals surface area contributed by atoms with E-state index >= 15 is 0 Å². The van der Waals surface area contributed by atoms with Gasteiger partial charge in [0.05, 0.1) is 6.10 Å². The molecule has 0 radical (unpaired) electrons. The summed E-state index contributed by atoms with van der Waals surface area (Å²) in [6.45, 7) is 7.56. The molecule has 0 saturated carbocycles. The topological polar surface area (TPSA) is 83.5 Å². The van der Waals surface area contributed by atoms with Crippen LogP contribution in [-0.4, -0.2) is 66.4 Å².